The second kappa shape index (κ2) is 12.9. The number of amides is 2. The lowest BCUT2D eigenvalue weighted by Gasteiger charge is -2.29. The summed E-state index contributed by atoms with van der Waals surface area (Å²) >= 11 is 0. The van der Waals surface area contributed by atoms with Gasteiger partial charge in [-0.15, -0.1) is 5.06 Å². The summed E-state index contributed by atoms with van der Waals surface area (Å²) in [7, 11) is 0. The number of carbonyl (C=O) groups is 6. The van der Waals surface area contributed by atoms with Crippen molar-refractivity contribution in [1.29, 1.82) is 0 Å². The highest BCUT2D eigenvalue weighted by Gasteiger charge is 2.33. The van der Waals surface area contributed by atoms with Crippen LogP contribution < -0.4 is 0 Å². The van der Waals surface area contributed by atoms with Gasteiger partial charge in [0.1, 0.15) is 0 Å². The van der Waals surface area contributed by atoms with Crippen molar-refractivity contribution in [3.05, 3.63) is 0 Å². The van der Waals surface area contributed by atoms with Gasteiger partial charge >= 0.3 is 23.9 Å². The smallest absolute Gasteiger partial charge is 0.347 e. The Balaban J connectivity index is 2.13. The summed E-state index contributed by atoms with van der Waals surface area (Å²) in [5, 5.41) is 28.1. The molecular formula is C19H29N5O10. The van der Waals surface area contributed by atoms with Crippen LogP contribution in [0.3, 0.4) is 0 Å². The van der Waals surface area contributed by atoms with Crippen LogP contribution in [0.25, 0.3) is 0 Å². The zero-order valence-corrected chi connectivity index (χ0v) is 18.6. The summed E-state index contributed by atoms with van der Waals surface area (Å²) in [4.78, 5) is 80.6. The first-order valence-corrected chi connectivity index (χ1v) is 10.6. The summed E-state index contributed by atoms with van der Waals surface area (Å²) < 4.78 is 0. The molecule has 0 aromatic heterocycles. The van der Waals surface area contributed by atoms with Crippen molar-refractivity contribution < 1.29 is 48.9 Å². The minimum atomic E-state index is -1.12. The molecule has 0 saturated carbocycles. The normalized spacial score (nSPS) is 20.2. The first kappa shape index (κ1) is 27.1. The zero-order valence-electron chi connectivity index (χ0n) is 18.6. The number of rotatable bonds is 9. The van der Waals surface area contributed by atoms with E-state index >= 15 is 0 Å². The van der Waals surface area contributed by atoms with Crippen molar-refractivity contribution in [2.45, 2.75) is 12.8 Å². The lowest BCUT2D eigenvalue weighted by atomic mass is 10.3. The third kappa shape index (κ3) is 9.38. The zero-order chi connectivity index (χ0) is 25.3. The Morgan fingerprint density at radius 2 is 0.971 bits per heavy atom. The van der Waals surface area contributed by atoms with Crippen molar-refractivity contribution in [1.82, 2.24) is 24.7 Å². The maximum atomic E-state index is 12.4. The molecule has 2 fully saturated rings. The van der Waals surface area contributed by atoms with Crippen LogP contribution in [0.1, 0.15) is 12.8 Å². The van der Waals surface area contributed by atoms with Crippen LogP contribution in [-0.2, 0) is 33.6 Å². The van der Waals surface area contributed by atoms with Gasteiger partial charge in [-0.2, -0.15) is 0 Å². The molecule has 2 heterocycles. The number of imide groups is 1. The van der Waals surface area contributed by atoms with Crippen LogP contribution in [0.5, 0.6) is 0 Å². The topological polar surface area (TPSA) is 189 Å². The molecule has 15 heteroatoms. The molecule has 0 atom stereocenters. The van der Waals surface area contributed by atoms with E-state index < -0.39 is 35.7 Å². The highest BCUT2D eigenvalue weighted by Crippen LogP contribution is 2.12. The van der Waals surface area contributed by atoms with E-state index in [9.17, 15) is 44.1 Å². The maximum absolute atomic E-state index is 12.4. The van der Waals surface area contributed by atoms with E-state index in [4.69, 9.17) is 4.84 Å². The van der Waals surface area contributed by atoms with E-state index in [1.807, 2.05) is 0 Å². The molecule has 2 rings (SSSR count). The summed E-state index contributed by atoms with van der Waals surface area (Å²) in [5.74, 6) is -5.39. The van der Waals surface area contributed by atoms with Gasteiger partial charge in [-0.1, -0.05) is 0 Å². The molecule has 34 heavy (non-hydrogen) atoms. The third-order valence-electron chi connectivity index (χ3n) is 5.23. The number of nitrogens with zero attached hydrogens (tertiary/aromatic N) is 5. The standard InChI is InChI=1S/C19H29N5O10/c25-14-1-2-15(26)24(14)34-19(33)12-21-4-3-20(9-16(27)28)5-7-22(10-17(29)30)13-23(8-6-21)11-18(31)32/h1-13H2,(H,27,28)(H,29,30)(H,31,32). The average Bonchev–Trinajstić information content (AvgIpc) is 3.02. The van der Waals surface area contributed by atoms with Crippen molar-refractivity contribution in [2.24, 2.45) is 0 Å². The van der Waals surface area contributed by atoms with Crippen LogP contribution in [0.15, 0.2) is 0 Å². The van der Waals surface area contributed by atoms with Crippen LogP contribution in [-0.4, -0.2) is 148 Å². The van der Waals surface area contributed by atoms with Crippen molar-refractivity contribution in [2.75, 3.05) is 72.1 Å². The molecule has 0 unspecified atom stereocenters. The van der Waals surface area contributed by atoms with Crippen LogP contribution >= 0.6 is 0 Å². The summed E-state index contributed by atoms with van der Waals surface area (Å²) in [6.45, 7) is -0.185. The minimum absolute atomic E-state index is 0.00851. The van der Waals surface area contributed by atoms with E-state index in [0.29, 0.717) is 5.06 Å². The predicted octanol–water partition coefficient (Wildman–Crippen LogP) is -2.97. The molecular weight excluding hydrogens is 458 g/mol. The van der Waals surface area contributed by atoms with Gasteiger partial charge in [0.2, 0.25) is 0 Å². The van der Waals surface area contributed by atoms with E-state index in [0.717, 1.165) is 0 Å². The fraction of sp³-hybridized carbons (Fsp3) is 0.684. The SMILES string of the molecule is O=C(O)CN1CCN(CC(=O)ON2C(=O)CCC2=O)CCN(CC(=O)O)CN(CC(=O)O)CC1. The molecule has 0 aliphatic carbocycles. The molecule has 2 aliphatic heterocycles. The van der Waals surface area contributed by atoms with Crippen molar-refractivity contribution >= 4 is 35.7 Å². The van der Waals surface area contributed by atoms with E-state index in [-0.39, 0.29) is 85.0 Å². The number of hydroxylamine groups is 2. The molecule has 0 spiro atoms. The largest absolute Gasteiger partial charge is 0.480 e. The molecule has 0 aromatic rings. The second-order valence-electron chi connectivity index (χ2n) is 8.03. The Labute approximate surface area is 195 Å². The quantitative estimate of drug-likeness (QED) is 0.279. The van der Waals surface area contributed by atoms with Crippen molar-refractivity contribution in [3.8, 4) is 0 Å². The van der Waals surface area contributed by atoms with E-state index in [2.05, 4.69) is 0 Å². The van der Waals surface area contributed by atoms with Crippen LogP contribution in [0.2, 0.25) is 0 Å². The van der Waals surface area contributed by atoms with Gasteiger partial charge in [0.05, 0.1) is 32.8 Å². The molecule has 3 N–H and O–H groups in total. The number of aliphatic carboxylic acids is 3. The molecule has 0 bridgehead atoms. The Morgan fingerprint density at radius 3 is 1.38 bits per heavy atom. The Morgan fingerprint density at radius 1 is 0.618 bits per heavy atom. The lowest BCUT2D eigenvalue weighted by molar-refractivity contribution is -0.198. The molecule has 2 saturated heterocycles. The summed E-state index contributed by atoms with van der Waals surface area (Å²) in [5.41, 5.74) is 0. The van der Waals surface area contributed by atoms with Gasteiger partial charge in [-0.25, -0.2) is 4.79 Å². The molecule has 15 nitrogen and oxygen atoms in total. The first-order chi connectivity index (χ1) is 16.0. The number of carbonyl (C=O) groups excluding carboxylic acids is 3. The first-order valence-electron chi connectivity index (χ1n) is 10.6. The van der Waals surface area contributed by atoms with Gasteiger partial charge in [0.15, 0.2) is 0 Å². The molecule has 2 aliphatic rings. The van der Waals surface area contributed by atoms with Crippen LogP contribution in [0.4, 0.5) is 0 Å². The van der Waals surface area contributed by atoms with Crippen molar-refractivity contribution in [3.63, 3.8) is 0 Å². The van der Waals surface area contributed by atoms with Gasteiger partial charge in [-0.3, -0.25) is 43.6 Å². The maximum Gasteiger partial charge on any atom is 0.347 e. The van der Waals surface area contributed by atoms with Gasteiger partial charge in [-0.05, 0) is 0 Å². The molecule has 2 amide bonds. The Kier molecular flexibility index (Phi) is 10.3. The molecule has 0 aromatic carbocycles. The Bertz CT molecular complexity index is 790. The van der Waals surface area contributed by atoms with Gasteiger partial charge < -0.3 is 20.2 Å². The minimum Gasteiger partial charge on any atom is -0.480 e. The number of carboxylic acids is 3. The molecule has 0 radical (unpaired) electrons. The summed E-state index contributed by atoms with van der Waals surface area (Å²) in [6.07, 6.45) is -0.0894. The van der Waals surface area contributed by atoms with E-state index in [1.165, 1.54) is 9.80 Å². The van der Waals surface area contributed by atoms with Gasteiger partial charge in [0.25, 0.3) is 11.8 Å². The fourth-order valence-electron chi connectivity index (χ4n) is 3.62. The number of hydrogen-bond acceptors (Lipinski definition) is 11. The summed E-state index contributed by atoms with van der Waals surface area (Å²) in [6, 6.07) is 0. The average molecular weight is 487 g/mol. The number of carboxylic acid groups (broad SMARTS) is 3. The highest BCUT2D eigenvalue weighted by atomic mass is 16.7. The monoisotopic (exact) mass is 487 g/mol. The van der Waals surface area contributed by atoms with E-state index in [1.54, 1.807) is 9.80 Å². The van der Waals surface area contributed by atoms with Crippen LogP contribution in [0, 0.1) is 0 Å². The second-order valence-corrected chi connectivity index (χ2v) is 8.03. The van der Waals surface area contributed by atoms with Gasteiger partial charge in [0, 0.05) is 52.1 Å². The fourth-order valence-corrected chi connectivity index (χ4v) is 3.62. The Hall–Kier alpha value is -3.14. The molecule has 190 valence electrons. The predicted molar refractivity (Wildman–Crippen MR) is 111 cm³/mol. The highest BCUT2D eigenvalue weighted by molar-refractivity contribution is 6.01. The number of hydrogen-bond donors (Lipinski definition) is 3. The third-order valence-corrected chi connectivity index (χ3v) is 5.23. The lowest BCUT2D eigenvalue weighted by Crippen LogP contribution is -2.47.